The Labute approximate surface area is 163 Å². The molecule has 0 aromatic carbocycles. The number of aromatic nitrogens is 1. The number of pyridine rings is 1. The van der Waals surface area contributed by atoms with Gasteiger partial charge in [0.25, 0.3) is 11.5 Å². The maximum atomic E-state index is 12.3. The zero-order chi connectivity index (χ0) is 19.5. The van der Waals surface area contributed by atoms with Crippen molar-refractivity contribution < 1.29 is 9.90 Å². The Kier molecular flexibility index (Phi) is 9.43. The fraction of sp³-hybridized carbons (Fsp3) is 0.727. The van der Waals surface area contributed by atoms with Crippen molar-refractivity contribution in [2.75, 3.05) is 6.54 Å². The van der Waals surface area contributed by atoms with E-state index in [9.17, 15) is 14.7 Å². The Hall–Kier alpha value is -1.78. The maximum Gasteiger partial charge on any atom is 0.264 e. The van der Waals surface area contributed by atoms with Crippen LogP contribution in [0, 0.1) is 0 Å². The van der Waals surface area contributed by atoms with Crippen LogP contribution in [0.3, 0.4) is 0 Å². The van der Waals surface area contributed by atoms with Gasteiger partial charge >= 0.3 is 0 Å². The van der Waals surface area contributed by atoms with E-state index in [0.29, 0.717) is 6.54 Å². The average molecular weight is 377 g/mol. The van der Waals surface area contributed by atoms with Crippen LogP contribution < -0.4 is 10.9 Å². The quantitative estimate of drug-likeness (QED) is 0.466. The molecule has 1 aromatic rings. The SMILES string of the molecule is CCCCCCCCCCCCNC(=O)c1c(O)c2c([nH]c1=O)CCCC2. The first kappa shape index (κ1) is 21.5. The average Bonchev–Trinajstić information content (AvgIpc) is 2.66. The molecule has 27 heavy (non-hydrogen) atoms. The first-order chi connectivity index (χ1) is 13.1. The predicted octanol–water partition coefficient (Wildman–Crippen LogP) is 4.61. The summed E-state index contributed by atoms with van der Waals surface area (Å²) in [5.41, 5.74) is 0.927. The fourth-order valence-electron chi connectivity index (χ4n) is 3.88. The van der Waals surface area contributed by atoms with Crippen molar-refractivity contribution in [3.05, 3.63) is 27.2 Å². The number of H-pyrrole nitrogens is 1. The Bertz CT molecular complexity index is 652. The minimum atomic E-state index is -0.478. The van der Waals surface area contributed by atoms with Gasteiger partial charge in [-0.1, -0.05) is 64.7 Å². The molecule has 0 fully saturated rings. The fourth-order valence-corrected chi connectivity index (χ4v) is 3.88. The molecule has 1 aliphatic carbocycles. The van der Waals surface area contributed by atoms with Crippen LogP contribution >= 0.6 is 0 Å². The summed E-state index contributed by atoms with van der Waals surface area (Å²) in [6, 6.07) is 0. The molecule has 0 bridgehead atoms. The number of hydrogen-bond acceptors (Lipinski definition) is 3. The third-order valence-electron chi connectivity index (χ3n) is 5.52. The number of aromatic hydroxyl groups is 1. The van der Waals surface area contributed by atoms with E-state index < -0.39 is 11.5 Å². The summed E-state index contributed by atoms with van der Waals surface area (Å²) < 4.78 is 0. The van der Waals surface area contributed by atoms with Crippen LogP contribution in [0.1, 0.15) is 106 Å². The van der Waals surface area contributed by atoms with E-state index in [4.69, 9.17) is 0 Å². The number of aryl methyl sites for hydroxylation is 1. The van der Waals surface area contributed by atoms with Crippen molar-refractivity contribution in [2.45, 2.75) is 96.8 Å². The second-order valence-corrected chi connectivity index (χ2v) is 7.78. The molecule has 5 heteroatoms. The van der Waals surface area contributed by atoms with Gasteiger partial charge in [-0.05, 0) is 32.1 Å². The van der Waals surface area contributed by atoms with Gasteiger partial charge in [-0.2, -0.15) is 0 Å². The van der Waals surface area contributed by atoms with Gasteiger partial charge in [0.2, 0.25) is 0 Å². The Balaban J connectivity index is 1.66. The number of nitrogens with one attached hydrogen (secondary N) is 2. The van der Waals surface area contributed by atoms with Gasteiger partial charge in [0, 0.05) is 17.8 Å². The van der Waals surface area contributed by atoms with E-state index in [-0.39, 0.29) is 11.3 Å². The third-order valence-corrected chi connectivity index (χ3v) is 5.52. The molecule has 2 rings (SSSR count). The number of rotatable bonds is 12. The molecule has 1 aliphatic rings. The first-order valence-corrected chi connectivity index (χ1v) is 10.9. The molecular weight excluding hydrogens is 340 g/mol. The lowest BCUT2D eigenvalue weighted by Gasteiger charge is -2.18. The summed E-state index contributed by atoms with van der Waals surface area (Å²) in [6.45, 7) is 2.78. The topological polar surface area (TPSA) is 82.2 Å². The van der Waals surface area contributed by atoms with Crippen LogP contribution in [0.15, 0.2) is 4.79 Å². The van der Waals surface area contributed by atoms with Gasteiger partial charge in [-0.3, -0.25) is 9.59 Å². The summed E-state index contributed by atoms with van der Waals surface area (Å²) in [7, 11) is 0. The smallest absolute Gasteiger partial charge is 0.264 e. The van der Waals surface area contributed by atoms with Gasteiger partial charge < -0.3 is 15.4 Å². The van der Waals surface area contributed by atoms with E-state index in [2.05, 4.69) is 17.2 Å². The lowest BCUT2D eigenvalue weighted by Crippen LogP contribution is -2.32. The molecule has 0 saturated heterocycles. The summed E-state index contributed by atoms with van der Waals surface area (Å²) in [5, 5.41) is 13.2. The first-order valence-electron chi connectivity index (χ1n) is 10.9. The zero-order valence-corrected chi connectivity index (χ0v) is 16.9. The van der Waals surface area contributed by atoms with Crippen molar-refractivity contribution in [3.63, 3.8) is 0 Å². The number of hydrogen-bond donors (Lipinski definition) is 3. The van der Waals surface area contributed by atoms with E-state index in [1.54, 1.807) is 0 Å². The summed E-state index contributed by atoms with van der Waals surface area (Å²) >= 11 is 0. The molecule has 1 aromatic heterocycles. The zero-order valence-electron chi connectivity index (χ0n) is 16.9. The second-order valence-electron chi connectivity index (χ2n) is 7.78. The van der Waals surface area contributed by atoms with Crippen LogP contribution in [0.25, 0.3) is 0 Å². The summed E-state index contributed by atoms with van der Waals surface area (Å²) in [5.74, 6) is -0.577. The van der Waals surface area contributed by atoms with Crippen LogP contribution in [0.4, 0.5) is 0 Å². The summed E-state index contributed by atoms with van der Waals surface area (Å²) in [4.78, 5) is 27.3. The molecule has 3 N–H and O–H groups in total. The molecule has 0 aliphatic heterocycles. The molecule has 0 atom stereocenters. The molecule has 152 valence electrons. The van der Waals surface area contributed by atoms with Crippen LogP contribution in [-0.4, -0.2) is 22.5 Å². The van der Waals surface area contributed by atoms with Gasteiger partial charge in [0.05, 0.1) is 0 Å². The number of amides is 1. The van der Waals surface area contributed by atoms with E-state index >= 15 is 0 Å². The highest BCUT2D eigenvalue weighted by molar-refractivity contribution is 5.96. The maximum absolute atomic E-state index is 12.3. The molecule has 0 saturated carbocycles. The minimum Gasteiger partial charge on any atom is -0.507 e. The molecule has 5 nitrogen and oxygen atoms in total. The van der Waals surface area contributed by atoms with Gasteiger partial charge in [0.1, 0.15) is 11.3 Å². The van der Waals surface area contributed by atoms with E-state index in [0.717, 1.165) is 49.8 Å². The van der Waals surface area contributed by atoms with Gasteiger partial charge in [-0.15, -0.1) is 0 Å². The van der Waals surface area contributed by atoms with Crippen molar-refractivity contribution in [3.8, 4) is 5.75 Å². The highest BCUT2D eigenvalue weighted by Crippen LogP contribution is 2.28. The standard InChI is InChI=1S/C22H36N2O3/c1-2-3-4-5-6-7-8-9-10-13-16-23-21(26)19-20(25)17-14-11-12-15-18(17)24-22(19)27/h2-16H2,1H3,(H,23,26)(H2,24,25,27). The van der Waals surface area contributed by atoms with Gasteiger partial charge in [-0.25, -0.2) is 0 Å². The monoisotopic (exact) mass is 376 g/mol. The Morgan fingerprint density at radius 2 is 1.56 bits per heavy atom. The van der Waals surface area contributed by atoms with Crippen LogP contribution in [0.2, 0.25) is 0 Å². The number of carbonyl (C=O) groups is 1. The summed E-state index contributed by atoms with van der Waals surface area (Å²) in [6.07, 6.45) is 15.9. The lowest BCUT2D eigenvalue weighted by molar-refractivity contribution is 0.0948. The molecule has 0 radical (unpaired) electrons. The third kappa shape index (κ3) is 6.71. The van der Waals surface area contributed by atoms with Gasteiger partial charge in [0.15, 0.2) is 0 Å². The molecule has 0 unspecified atom stereocenters. The van der Waals surface area contributed by atoms with Crippen molar-refractivity contribution in [1.29, 1.82) is 0 Å². The number of carbonyl (C=O) groups excluding carboxylic acids is 1. The largest absolute Gasteiger partial charge is 0.507 e. The minimum absolute atomic E-state index is 0.117. The van der Waals surface area contributed by atoms with Crippen molar-refractivity contribution in [2.24, 2.45) is 0 Å². The van der Waals surface area contributed by atoms with Crippen molar-refractivity contribution >= 4 is 5.91 Å². The normalized spacial score (nSPS) is 13.4. The predicted molar refractivity (Wildman–Crippen MR) is 110 cm³/mol. The highest BCUT2D eigenvalue weighted by atomic mass is 16.3. The van der Waals surface area contributed by atoms with Crippen molar-refractivity contribution in [1.82, 2.24) is 10.3 Å². The van der Waals surface area contributed by atoms with E-state index in [1.807, 2.05) is 0 Å². The highest BCUT2D eigenvalue weighted by Gasteiger charge is 2.23. The number of unbranched alkanes of at least 4 members (excludes halogenated alkanes) is 9. The molecule has 0 spiro atoms. The molecular formula is C22H36N2O3. The Morgan fingerprint density at radius 3 is 2.22 bits per heavy atom. The molecule has 1 heterocycles. The van der Waals surface area contributed by atoms with Crippen LogP contribution in [-0.2, 0) is 12.8 Å². The van der Waals surface area contributed by atoms with Crippen LogP contribution in [0.5, 0.6) is 5.75 Å². The second kappa shape index (κ2) is 11.8. The Morgan fingerprint density at radius 1 is 0.963 bits per heavy atom. The number of fused-ring (bicyclic) bond motifs is 1. The number of aromatic amines is 1. The lowest BCUT2D eigenvalue weighted by atomic mass is 9.93. The molecule has 1 amide bonds. The van der Waals surface area contributed by atoms with E-state index in [1.165, 1.54) is 51.4 Å².